The van der Waals surface area contributed by atoms with Gasteiger partial charge in [-0.25, -0.2) is 0 Å². The molecule has 1 aromatic carbocycles. The first-order valence-electron chi connectivity index (χ1n) is 8.50. The van der Waals surface area contributed by atoms with Crippen molar-refractivity contribution in [3.63, 3.8) is 0 Å². The van der Waals surface area contributed by atoms with Crippen molar-refractivity contribution in [1.29, 1.82) is 0 Å². The highest BCUT2D eigenvalue weighted by atomic mass is 32.2. The van der Waals surface area contributed by atoms with Gasteiger partial charge in [0.2, 0.25) is 0 Å². The molecule has 7 nitrogen and oxygen atoms in total. The summed E-state index contributed by atoms with van der Waals surface area (Å²) in [5, 5.41) is 9.14. The molecule has 2 saturated heterocycles. The van der Waals surface area contributed by atoms with E-state index in [4.69, 9.17) is 22.1 Å². The zero-order valence-electron chi connectivity index (χ0n) is 14.2. The number of nitrogens with zero attached hydrogens (tertiary/aromatic N) is 2. The van der Waals surface area contributed by atoms with E-state index in [0.29, 0.717) is 28.7 Å². The lowest BCUT2D eigenvalue weighted by Crippen LogP contribution is -2.36. The van der Waals surface area contributed by atoms with Gasteiger partial charge >= 0.3 is 5.97 Å². The monoisotopic (exact) mass is 404 g/mol. The highest BCUT2D eigenvalue weighted by Gasteiger charge is 2.43. The van der Waals surface area contributed by atoms with Crippen molar-refractivity contribution in [2.24, 2.45) is 0 Å². The van der Waals surface area contributed by atoms with Gasteiger partial charge in [0, 0.05) is 12.2 Å². The summed E-state index contributed by atoms with van der Waals surface area (Å²) >= 11 is 6.45. The summed E-state index contributed by atoms with van der Waals surface area (Å²) in [6, 6.07) is 6.88. The van der Waals surface area contributed by atoms with E-state index in [9.17, 15) is 14.4 Å². The third-order valence-electron chi connectivity index (χ3n) is 4.70. The number of thioether (sulfide) groups is 1. The van der Waals surface area contributed by atoms with Gasteiger partial charge in [0.25, 0.3) is 11.8 Å². The Kier molecular flexibility index (Phi) is 4.75. The first-order valence-corrected chi connectivity index (χ1v) is 9.72. The van der Waals surface area contributed by atoms with Crippen LogP contribution in [0.1, 0.15) is 18.4 Å². The average molecular weight is 404 g/mol. The third-order valence-corrected chi connectivity index (χ3v) is 6.15. The van der Waals surface area contributed by atoms with Crippen LogP contribution in [0.15, 0.2) is 29.2 Å². The molecular weight excluding hydrogens is 388 g/mol. The number of aliphatic carboxylic acids is 1. The number of ether oxygens (including phenoxy) is 1. The molecule has 3 aliphatic rings. The molecule has 9 heteroatoms. The number of hydrogen-bond acceptors (Lipinski definition) is 6. The van der Waals surface area contributed by atoms with Gasteiger partial charge in [-0.1, -0.05) is 42.2 Å². The van der Waals surface area contributed by atoms with Crippen LogP contribution in [0.5, 0.6) is 0 Å². The average Bonchev–Trinajstić information content (AvgIpc) is 3.31. The number of anilines is 1. The number of hydrogen-bond donors (Lipinski definition) is 1. The third kappa shape index (κ3) is 3.15. The first kappa shape index (κ1) is 18.1. The summed E-state index contributed by atoms with van der Waals surface area (Å²) in [5.74, 6) is -1.93. The minimum atomic E-state index is -1.12. The Balaban J connectivity index is 1.71. The Morgan fingerprint density at radius 3 is 2.74 bits per heavy atom. The van der Waals surface area contributed by atoms with Gasteiger partial charge in [0.05, 0.1) is 28.8 Å². The molecule has 0 radical (unpaired) electrons. The van der Waals surface area contributed by atoms with Crippen LogP contribution in [0.4, 0.5) is 5.69 Å². The molecule has 3 aliphatic heterocycles. The van der Waals surface area contributed by atoms with E-state index in [1.54, 1.807) is 24.3 Å². The minimum Gasteiger partial charge on any atom is -0.480 e. The number of carbonyl (C=O) groups is 3. The van der Waals surface area contributed by atoms with Crippen molar-refractivity contribution in [2.75, 3.05) is 24.6 Å². The number of carboxylic acids is 1. The molecule has 0 aliphatic carbocycles. The van der Waals surface area contributed by atoms with E-state index >= 15 is 0 Å². The van der Waals surface area contributed by atoms with Crippen LogP contribution >= 0.6 is 24.0 Å². The van der Waals surface area contributed by atoms with Crippen LogP contribution in [0, 0.1) is 0 Å². The molecule has 4 rings (SSSR count). The smallest absolute Gasteiger partial charge is 0.323 e. The normalized spacial score (nSPS) is 24.9. The number of carbonyl (C=O) groups excluding carboxylic acids is 2. The molecule has 27 heavy (non-hydrogen) atoms. The molecule has 0 saturated carbocycles. The van der Waals surface area contributed by atoms with Gasteiger partial charge < -0.3 is 9.84 Å². The predicted octanol–water partition coefficient (Wildman–Crippen LogP) is 1.87. The lowest BCUT2D eigenvalue weighted by Gasteiger charge is -2.18. The highest BCUT2D eigenvalue weighted by Crippen LogP contribution is 2.44. The quantitative estimate of drug-likeness (QED) is 0.605. The summed E-state index contributed by atoms with van der Waals surface area (Å²) in [7, 11) is 0. The van der Waals surface area contributed by atoms with E-state index in [1.165, 1.54) is 9.80 Å². The fourth-order valence-electron chi connectivity index (χ4n) is 3.49. The number of thiocarbonyl (C=S) groups is 1. The Morgan fingerprint density at radius 2 is 2.04 bits per heavy atom. The molecule has 1 aromatic rings. The lowest BCUT2D eigenvalue weighted by molar-refractivity contribution is -0.136. The molecular formula is C18H16N2O5S2. The minimum absolute atomic E-state index is 0.0491. The fourth-order valence-corrected chi connectivity index (χ4v) is 4.84. The Hall–Kier alpha value is -2.23. The Labute approximate surface area is 164 Å². The molecule has 0 spiro atoms. The van der Waals surface area contributed by atoms with Crippen molar-refractivity contribution in [3.8, 4) is 0 Å². The van der Waals surface area contributed by atoms with E-state index < -0.39 is 18.4 Å². The summed E-state index contributed by atoms with van der Waals surface area (Å²) in [6.07, 6.45) is 1.78. The van der Waals surface area contributed by atoms with Crippen molar-refractivity contribution >= 4 is 57.3 Å². The van der Waals surface area contributed by atoms with Crippen molar-refractivity contribution < 1.29 is 24.2 Å². The molecule has 1 atom stereocenters. The molecule has 1 unspecified atom stereocenters. The van der Waals surface area contributed by atoms with Crippen molar-refractivity contribution in [1.82, 2.24) is 4.90 Å². The van der Waals surface area contributed by atoms with Crippen molar-refractivity contribution in [2.45, 2.75) is 18.9 Å². The number of carboxylic acid groups (broad SMARTS) is 1. The van der Waals surface area contributed by atoms with E-state index in [1.807, 2.05) is 0 Å². The SMILES string of the molecule is O=C(O)CN1C(=O)C(=C2SC(=S)N(CC3CCCO3)C2=O)c2ccccc21. The molecule has 0 aromatic heterocycles. The van der Waals surface area contributed by atoms with Crippen LogP contribution in [0.25, 0.3) is 5.57 Å². The Morgan fingerprint density at radius 1 is 1.26 bits per heavy atom. The number of benzene rings is 1. The topological polar surface area (TPSA) is 87.2 Å². The number of fused-ring (bicyclic) bond motifs is 1. The molecule has 3 heterocycles. The fraction of sp³-hybridized carbons (Fsp3) is 0.333. The van der Waals surface area contributed by atoms with Crippen LogP contribution in [0.3, 0.4) is 0 Å². The standard InChI is InChI=1S/C18H16N2O5S2/c21-13(22)9-19-12-6-2-1-5-11(12)14(16(19)23)15-17(24)20(18(26)27-15)8-10-4-3-7-25-10/h1-2,5-6,10H,3-4,7-9H2,(H,21,22). The van der Waals surface area contributed by atoms with Gasteiger partial charge in [-0.3, -0.25) is 24.2 Å². The summed E-state index contributed by atoms with van der Waals surface area (Å²) < 4.78 is 5.98. The number of para-hydroxylation sites is 1. The summed E-state index contributed by atoms with van der Waals surface area (Å²) in [6.45, 7) is 0.586. The molecule has 0 bridgehead atoms. The van der Waals surface area contributed by atoms with E-state index in [0.717, 1.165) is 24.6 Å². The highest BCUT2D eigenvalue weighted by molar-refractivity contribution is 8.26. The maximum Gasteiger partial charge on any atom is 0.323 e. The largest absolute Gasteiger partial charge is 0.480 e. The second kappa shape index (κ2) is 7.06. The number of amides is 2. The van der Waals surface area contributed by atoms with Crippen LogP contribution in [0.2, 0.25) is 0 Å². The predicted molar refractivity (Wildman–Crippen MR) is 104 cm³/mol. The van der Waals surface area contributed by atoms with Crippen LogP contribution < -0.4 is 4.90 Å². The zero-order valence-corrected chi connectivity index (χ0v) is 15.8. The lowest BCUT2D eigenvalue weighted by atomic mass is 10.1. The first-order chi connectivity index (χ1) is 13.0. The molecule has 1 N–H and O–H groups in total. The molecule has 2 amide bonds. The van der Waals surface area contributed by atoms with Crippen LogP contribution in [-0.2, 0) is 19.1 Å². The van der Waals surface area contributed by atoms with E-state index in [2.05, 4.69) is 0 Å². The second-order valence-corrected chi connectivity index (χ2v) is 8.07. The molecule has 140 valence electrons. The maximum atomic E-state index is 13.0. The maximum absolute atomic E-state index is 13.0. The van der Waals surface area contributed by atoms with E-state index in [-0.39, 0.29) is 22.5 Å². The zero-order chi connectivity index (χ0) is 19.1. The second-order valence-electron chi connectivity index (χ2n) is 6.43. The molecule has 2 fully saturated rings. The van der Waals surface area contributed by atoms with Gasteiger partial charge in [-0.2, -0.15) is 0 Å². The summed E-state index contributed by atoms with van der Waals surface area (Å²) in [5.41, 5.74) is 1.27. The van der Waals surface area contributed by atoms with Gasteiger partial charge in [0.1, 0.15) is 10.9 Å². The van der Waals surface area contributed by atoms with Crippen LogP contribution in [-0.4, -0.2) is 57.9 Å². The van der Waals surface area contributed by atoms with Gasteiger partial charge in [0.15, 0.2) is 0 Å². The number of rotatable bonds is 4. The summed E-state index contributed by atoms with van der Waals surface area (Å²) in [4.78, 5) is 40.0. The van der Waals surface area contributed by atoms with Gasteiger partial charge in [-0.05, 0) is 18.9 Å². The van der Waals surface area contributed by atoms with Gasteiger partial charge in [-0.15, -0.1) is 0 Å². The van der Waals surface area contributed by atoms with Crippen molar-refractivity contribution in [3.05, 3.63) is 34.7 Å². The Bertz CT molecular complexity index is 891.